The van der Waals surface area contributed by atoms with Crippen LogP contribution in [-0.4, -0.2) is 17.8 Å². The van der Waals surface area contributed by atoms with Crippen molar-refractivity contribution in [1.29, 1.82) is 0 Å². The minimum atomic E-state index is -0.276. The lowest BCUT2D eigenvalue weighted by Crippen LogP contribution is -2.16. The molecule has 2 heterocycles. The third-order valence-electron chi connectivity index (χ3n) is 12.1. The van der Waals surface area contributed by atoms with Crippen LogP contribution in [0.2, 0.25) is 0 Å². The fourth-order valence-corrected chi connectivity index (χ4v) is 9.18. The zero-order valence-corrected chi connectivity index (χ0v) is 35.7. The summed E-state index contributed by atoms with van der Waals surface area (Å²) in [6, 6.07) is 59.6. The van der Waals surface area contributed by atoms with Crippen LogP contribution >= 0.6 is 0 Å². The number of aromatic nitrogens is 1. The summed E-state index contributed by atoms with van der Waals surface area (Å²) in [6.45, 7) is 16.2. The zero-order chi connectivity index (χ0) is 42.1. The number of allylic oxidation sites excluding steroid dienone is 1. The van der Waals surface area contributed by atoms with Gasteiger partial charge < -0.3 is 18.9 Å². The number of anilines is 3. The molecule has 1 aliphatic heterocycles. The summed E-state index contributed by atoms with van der Waals surface area (Å²) in [5.74, 6) is 0. The molecule has 0 atom stereocenters. The molecule has 0 radical (unpaired) electrons. The van der Waals surface area contributed by atoms with Gasteiger partial charge in [0.05, 0.1) is 24.4 Å². The molecule has 302 valence electrons. The molecule has 0 unspecified atom stereocenters. The molecule has 0 amide bonds. The van der Waals surface area contributed by atoms with Crippen LogP contribution in [0.5, 0.6) is 0 Å². The monoisotopic (exact) mass is 796 g/mol. The maximum atomic E-state index is 5.72. The molecule has 0 bridgehead atoms. The second-order valence-electron chi connectivity index (χ2n) is 15.9. The molecule has 4 heteroatoms. The lowest BCUT2D eigenvalue weighted by Gasteiger charge is -2.28. The third kappa shape index (κ3) is 7.12. The summed E-state index contributed by atoms with van der Waals surface area (Å²) >= 11 is 0. The normalized spacial score (nSPS) is 14.1. The summed E-state index contributed by atoms with van der Waals surface area (Å²) in [7, 11) is 0. The number of ether oxygens (including phenoxy) is 2. The average Bonchev–Trinajstić information content (AvgIpc) is 4.03. The Morgan fingerprint density at radius 1 is 0.607 bits per heavy atom. The number of hydrogen-bond donors (Lipinski definition) is 0. The van der Waals surface area contributed by atoms with Crippen molar-refractivity contribution < 1.29 is 9.47 Å². The van der Waals surface area contributed by atoms with Crippen LogP contribution in [0.25, 0.3) is 62.1 Å². The van der Waals surface area contributed by atoms with Crippen molar-refractivity contribution in [3.63, 3.8) is 0 Å². The van der Waals surface area contributed by atoms with Gasteiger partial charge in [-0.05, 0) is 118 Å². The van der Waals surface area contributed by atoms with E-state index in [0.29, 0.717) is 13.2 Å². The fourth-order valence-electron chi connectivity index (χ4n) is 9.18. The number of hydrogen-bond acceptors (Lipinski definition) is 3. The molecule has 1 aromatic heterocycles. The van der Waals surface area contributed by atoms with Gasteiger partial charge in [-0.25, -0.2) is 0 Å². The summed E-state index contributed by atoms with van der Waals surface area (Å²) in [5.41, 5.74) is 18.8. The van der Waals surface area contributed by atoms with Gasteiger partial charge in [-0.15, -0.1) is 0 Å². The molecule has 0 N–H and O–H groups in total. The summed E-state index contributed by atoms with van der Waals surface area (Å²) < 4.78 is 13.8. The third-order valence-corrected chi connectivity index (χ3v) is 12.1. The minimum Gasteiger partial charge on any atom is -0.346 e. The van der Waals surface area contributed by atoms with Gasteiger partial charge in [0.15, 0.2) is 6.29 Å². The highest BCUT2D eigenvalue weighted by molar-refractivity contribution is 5.98. The van der Waals surface area contributed by atoms with E-state index in [1.54, 1.807) is 0 Å². The predicted octanol–water partition coefficient (Wildman–Crippen LogP) is 15.5. The van der Waals surface area contributed by atoms with Crippen LogP contribution in [0.1, 0.15) is 68.9 Å². The maximum absolute atomic E-state index is 5.72. The largest absolute Gasteiger partial charge is 0.346 e. The van der Waals surface area contributed by atoms with Crippen LogP contribution in [0.15, 0.2) is 176 Å². The molecule has 7 aromatic carbocycles. The highest BCUT2D eigenvalue weighted by atomic mass is 16.7. The fraction of sp³-hybridized carbons (Fsp3) is 0.158. The van der Waals surface area contributed by atoms with Gasteiger partial charge in [0.1, 0.15) is 0 Å². The van der Waals surface area contributed by atoms with Crippen LogP contribution in [-0.2, 0) is 14.9 Å². The van der Waals surface area contributed by atoms with Gasteiger partial charge in [0.25, 0.3) is 0 Å². The van der Waals surface area contributed by atoms with Gasteiger partial charge in [-0.3, -0.25) is 0 Å². The number of para-hydroxylation sites is 1. The Labute approximate surface area is 360 Å². The van der Waals surface area contributed by atoms with Gasteiger partial charge in [0, 0.05) is 44.7 Å². The lowest BCUT2D eigenvalue weighted by molar-refractivity contribution is -0.0441. The van der Waals surface area contributed by atoms with Crippen molar-refractivity contribution >= 4 is 40.1 Å². The zero-order valence-electron chi connectivity index (χ0n) is 35.7. The molecule has 2 aliphatic rings. The number of rotatable bonds is 9. The Balaban J connectivity index is 0.00000235. The van der Waals surface area contributed by atoms with E-state index in [2.05, 4.69) is 213 Å². The van der Waals surface area contributed by atoms with Crippen molar-refractivity contribution in [2.75, 3.05) is 18.1 Å². The molecule has 8 aromatic rings. The Kier molecular flexibility index (Phi) is 10.9. The van der Waals surface area contributed by atoms with Gasteiger partial charge in [-0.1, -0.05) is 150 Å². The summed E-state index contributed by atoms with van der Waals surface area (Å²) in [5, 5.41) is 1.20. The van der Waals surface area contributed by atoms with Crippen LogP contribution < -0.4 is 4.90 Å². The first-order chi connectivity index (χ1) is 29.9. The first-order valence-corrected chi connectivity index (χ1v) is 21.5. The molecule has 4 nitrogen and oxygen atoms in total. The predicted molar refractivity (Wildman–Crippen MR) is 257 cm³/mol. The SMILES string of the molecule is C=Cc1c(/C=C\C)c2cc(-c3ccc(N(c4ccc(-c5ccc(C6OCCO6)cc5)cc4)c4ccc5c(c4)C(C)(C)c4ccccc4-5)cc3)ccc2n1-c1ccccc1.CC. The second-order valence-corrected chi connectivity index (χ2v) is 15.9. The smallest absolute Gasteiger partial charge is 0.184 e. The second kappa shape index (κ2) is 16.7. The summed E-state index contributed by atoms with van der Waals surface area (Å²) in [6.07, 6.45) is 5.99. The van der Waals surface area contributed by atoms with Crippen molar-refractivity contribution in [3.8, 4) is 39.1 Å². The van der Waals surface area contributed by atoms with E-state index < -0.39 is 0 Å². The molecular formula is C57H52N2O2. The van der Waals surface area contributed by atoms with E-state index in [4.69, 9.17) is 9.47 Å². The average molecular weight is 797 g/mol. The van der Waals surface area contributed by atoms with Crippen molar-refractivity contribution in [2.45, 2.75) is 46.3 Å². The van der Waals surface area contributed by atoms with E-state index in [0.717, 1.165) is 56.2 Å². The van der Waals surface area contributed by atoms with Crippen LogP contribution in [0.3, 0.4) is 0 Å². The van der Waals surface area contributed by atoms with E-state index in [9.17, 15) is 0 Å². The first kappa shape index (κ1) is 39.7. The molecule has 1 fully saturated rings. The molecule has 61 heavy (non-hydrogen) atoms. The van der Waals surface area contributed by atoms with Crippen molar-refractivity contribution in [2.24, 2.45) is 0 Å². The lowest BCUT2D eigenvalue weighted by atomic mass is 9.82. The van der Waals surface area contributed by atoms with Gasteiger partial charge >= 0.3 is 0 Å². The number of nitrogens with zero attached hydrogens (tertiary/aromatic N) is 2. The maximum Gasteiger partial charge on any atom is 0.184 e. The van der Waals surface area contributed by atoms with Gasteiger partial charge in [-0.2, -0.15) is 0 Å². The van der Waals surface area contributed by atoms with Gasteiger partial charge in [0.2, 0.25) is 0 Å². The topological polar surface area (TPSA) is 26.6 Å². The quantitative estimate of drug-likeness (QED) is 0.146. The van der Waals surface area contributed by atoms with Crippen molar-refractivity contribution in [3.05, 3.63) is 204 Å². The van der Waals surface area contributed by atoms with Crippen LogP contribution in [0, 0.1) is 0 Å². The van der Waals surface area contributed by atoms with E-state index in [1.807, 2.05) is 19.9 Å². The minimum absolute atomic E-state index is 0.114. The Bertz CT molecular complexity index is 2860. The highest BCUT2D eigenvalue weighted by Gasteiger charge is 2.35. The van der Waals surface area contributed by atoms with E-state index in [-0.39, 0.29) is 11.7 Å². The Morgan fingerprint density at radius 3 is 1.80 bits per heavy atom. The van der Waals surface area contributed by atoms with E-state index in [1.165, 1.54) is 38.8 Å². The molecule has 10 rings (SSSR count). The molecule has 1 saturated heterocycles. The molecular weight excluding hydrogens is 745 g/mol. The Morgan fingerprint density at radius 2 is 1.16 bits per heavy atom. The highest BCUT2D eigenvalue weighted by Crippen LogP contribution is 2.51. The molecule has 0 saturated carbocycles. The number of benzene rings is 7. The van der Waals surface area contributed by atoms with Crippen molar-refractivity contribution in [1.82, 2.24) is 4.57 Å². The first-order valence-electron chi connectivity index (χ1n) is 21.5. The number of fused-ring (bicyclic) bond motifs is 4. The molecule has 0 spiro atoms. The van der Waals surface area contributed by atoms with Crippen LogP contribution in [0.4, 0.5) is 17.1 Å². The summed E-state index contributed by atoms with van der Waals surface area (Å²) in [4.78, 5) is 2.38. The molecule has 1 aliphatic carbocycles. The standard InChI is InChI=1S/C55H46N2O2.C2H6/c1-5-12-48-49-35-41(25-32-53(49)57(52(48)6-2)42-13-8-7-9-14-42)39-23-28-44(29-24-39)56(45-30-31-47-46-15-10-11-16-50(46)55(3,4)51(47)36-45)43-26-21-38(22-27-43)37-17-19-40(20-18-37)54-58-33-34-59-54;1-2/h5-32,35-36,54H,2,33-34H2,1,3-4H3;1-2H3/b12-5-;. The van der Waals surface area contributed by atoms with E-state index >= 15 is 0 Å². The Hall–Kier alpha value is -6.72.